The summed E-state index contributed by atoms with van der Waals surface area (Å²) in [4.78, 5) is 26.2. The van der Waals surface area contributed by atoms with Crippen molar-refractivity contribution in [2.45, 2.75) is 51.5 Å². The first-order valence-corrected chi connectivity index (χ1v) is 8.25. The van der Waals surface area contributed by atoms with Crippen molar-refractivity contribution < 1.29 is 18.4 Å². The van der Waals surface area contributed by atoms with E-state index in [1.54, 1.807) is 17.9 Å². The molecule has 2 rings (SSSR count). The molecule has 0 saturated carbocycles. The number of alkyl halides is 2. The summed E-state index contributed by atoms with van der Waals surface area (Å²) < 4.78 is 27.3. The van der Waals surface area contributed by atoms with E-state index in [1.807, 2.05) is 6.92 Å². The van der Waals surface area contributed by atoms with E-state index in [0.29, 0.717) is 13.0 Å². The lowest BCUT2D eigenvalue weighted by molar-refractivity contribution is -0.134. The molecule has 0 spiro atoms. The van der Waals surface area contributed by atoms with Crippen molar-refractivity contribution in [2.24, 2.45) is 0 Å². The van der Waals surface area contributed by atoms with Crippen molar-refractivity contribution in [3.8, 4) is 0 Å². The molecule has 24 heavy (non-hydrogen) atoms. The Hall–Kier alpha value is -1.98. The maximum Gasteiger partial charge on any atom is 0.271 e. The van der Waals surface area contributed by atoms with E-state index in [4.69, 9.17) is 0 Å². The van der Waals surface area contributed by atoms with Crippen molar-refractivity contribution in [3.05, 3.63) is 35.4 Å². The lowest BCUT2D eigenvalue weighted by Crippen LogP contribution is -2.52. The van der Waals surface area contributed by atoms with Gasteiger partial charge in [-0.1, -0.05) is 25.1 Å². The molecule has 1 saturated heterocycles. The fraction of sp³-hybridized carbons (Fsp3) is 0.556. The first-order valence-electron chi connectivity index (χ1n) is 8.25. The van der Waals surface area contributed by atoms with Crippen LogP contribution in [0.15, 0.2) is 24.3 Å². The van der Waals surface area contributed by atoms with Gasteiger partial charge >= 0.3 is 0 Å². The molecule has 0 bridgehead atoms. The molecule has 132 valence electrons. The average Bonchev–Trinajstić information content (AvgIpc) is 2.93. The summed E-state index contributed by atoms with van der Waals surface area (Å²) in [6, 6.07) is 5.71. The monoisotopic (exact) mass is 338 g/mol. The van der Waals surface area contributed by atoms with Gasteiger partial charge in [0.05, 0.1) is 5.54 Å². The van der Waals surface area contributed by atoms with Crippen LogP contribution in [0, 0.1) is 0 Å². The lowest BCUT2D eigenvalue weighted by atomic mass is 9.97. The standard InChI is InChI=1S/C18H24F2N2O2/c1-4-15(23)22-11-7-10-17(22,2)12-21-16(24)13-8-5-6-9-14(13)18(3,19)20/h5-6,8-9H,4,7,10-12H2,1-3H3,(H,21,24)/t17-/m0/s1. The smallest absolute Gasteiger partial charge is 0.271 e. The summed E-state index contributed by atoms with van der Waals surface area (Å²) in [6.45, 7) is 5.43. The van der Waals surface area contributed by atoms with Gasteiger partial charge in [0.1, 0.15) is 0 Å². The van der Waals surface area contributed by atoms with Crippen LogP contribution in [0.3, 0.4) is 0 Å². The minimum atomic E-state index is -3.09. The third kappa shape index (κ3) is 3.74. The van der Waals surface area contributed by atoms with Crippen LogP contribution in [0.4, 0.5) is 8.78 Å². The van der Waals surface area contributed by atoms with Gasteiger partial charge < -0.3 is 10.2 Å². The van der Waals surface area contributed by atoms with E-state index in [-0.39, 0.29) is 23.6 Å². The van der Waals surface area contributed by atoms with Crippen LogP contribution in [0.25, 0.3) is 0 Å². The number of nitrogens with zero attached hydrogens (tertiary/aromatic N) is 1. The summed E-state index contributed by atoms with van der Waals surface area (Å²) in [5, 5.41) is 2.74. The Labute approximate surface area is 141 Å². The van der Waals surface area contributed by atoms with E-state index < -0.39 is 17.4 Å². The van der Waals surface area contributed by atoms with Gasteiger partial charge in [-0.3, -0.25) is 9.59 Å². The van der Waals surface area contributed by atoms with Crippen LogP contribution < -0.4 is 5.32 Å². The first-order chi connectivity index (χ1) is 11.2. The minimum Gasteiger partial charge on any atom is -0.350 e. The second kappa shape index (κ2) is 6.87. The number of benzene rings is 1. The van der Waals surface area contributed by atoms with Crippen molar-refractivity contribution in [1.29, 1.82) is 0 Å². The molecule has 4 nitrogen and oxygen atoms in total. The van der Waals surface area contributed by atoms with Crippen LogP contribution in [-0.4, -0.2) is 35.3 Å². The number of halogens is 2. The Morgan fingerprint density at radius 3 is 2.62 bits per heavy atom. The van der Waals surface area contributed by atoms with Gasteiger partial charge in [-0.15, -0.1) is 0 Å². The number of amides is 2. The molecule has 1 heterocycles. The summed E-state index contributed by atoms with van der Waals surface area (Å²) >= 11 is 0. The SMILES string of the molecule is CCC(=O)N1CCC[C@@]1(C)CNC(=O)c1ccccc1C(C)(F)F. The fourth-order valence-electron chi connectivity index (χ4n) is 3.25. The summed E-state index contributed by atoms with van der Waals surface area (Å²) in [5.74, 6) is -3.58. The highest BCUT2D eigenvalue weighted by atomic mass is 19.3. The molecule has 1 N–H and O–H groups in total. The zero-order valence-electron chi connectivity index (χ0n) is 14.4. The van der Waals surface area contributed by atoms with Gasteiger partial charge in [0.2, 0.25) is 5.91 Å². The van der Waals surface area contributed by atoms with Crippen LogP contribution in [0.2, 0.25) is 0 Å². The highest BCUT2D eigenvalue weighted by molar-refractivity contribution is 5.96. The molecule has 1 aliphatic rings. The molecule has 1 aromatic carbocycles. The highest BCUT2D eigenvalue weighted by Gasteiger charge is 2.39. The van der Waals surface area contributed by atoms with Gasteiger partial charge in [0.15, 0.2) is 0 Å². The number of nitrogens with one attached hydrogen (secondary N) is 1. The molecule has 1 aromatic rings. The maximum absolute atomic E-state index is 13.7. The maximum atomic E-state index is 13.7. The average molecular weight is 338 g/mol. The number of hydrogen-bond acceptors (Lipinski definition) is 2. The third-order valence-electron chi connectivity index (χ3n) is 4.63. The molecule has 0 aliphatic carbocycles. The van der Waals surface area contributed by atoms with Gasteiger partial charge in [0, 0.05) is 37.6 Å². The van der Waals surface area contributed by atoms with Crippen LogP contribution in [0.5, 0.6) is 0 Å². The van der Waals surface area contributed by atoms with Gasteiger partial charge in [-0.2, -0.15) is 0 Å². The Balaban J connectivity index is 2.13. The molecule has 1 fully saturated rings. The zero-order valence-corrected chi connectivity index (χ0v) is 14.4. The lowest BCUT2D eigenvalue weighted by Gasteiger charge is -2.35. The second-order valence-electron chi connectivity index (χ2n) is 6.62. The molecule has 0 radical (unpaired) electrons. The highest BCUT2D eigenvalue weighted by Crippen LogP contribution is 2.31. The molecule has 1 atom stereocenters. The van der Waals surface area contributed by atoms with Gasteiger partial charge in [-0.25, -0.2) is 8.78 Å². The van der Waals surface area contributed by atoms with Crippen LogP contribution in [0.1, 0.15) is 56.0 Å². The van der Waals surface area contributed by atoms with Crippen molar-refractivity contribution in [1.82, 2.24) is 10.2 Å². The van der Waals surface area contributed by atoms with E-state index in [1.165, 1.54) is 18.2 Å². The zero-order chi connectivity index (χ0) is 18.0. The summed E-state index contributed by atoms with van der Waals surface area (Å²) in [5.41, 5.74) is -0.785. The van der Waals surface area contributed by atoms with Gasteiger partial charge in [0.25, 0.3) is 11.8 Å². The Bertz CT molecular complexity index is 628. The molecule has 0 unspecified atom stereocenters. The predicted octanol–water partition coefficient (Wildman–Crippen LogP) is 3.32. The van der Waals surface area contributed by atoms with Crippen molar-refractivity contribution in [3.63, 3.8) is 0 Å². The minimum absolute atomic E-state index is 0.0278. The summed E-state index contributed by atoms with van der Waals surface area (Å²) in [6.07, 6.45) is 2.07. The Morgan fingerprint density at radius 1 is 1.33 bits per heavy atom. The third-order valence-corrected chi connectivity index (χ3v) is 4.63. The van der Waals surface area contributed by atoms with Gasteiger partial charge in [-0.05, 0) is 25.8 Å². The molecule has 0 aromatic heterocycles. The van der Waals surface area contributed by atoms with E-state index in [9.17, 15) is 18.4 Å². The number of likely N-dealkylation sites (tertiary alicyclic amines) is 1. The number of carbonyl (C=O) groups excluding carboxylic acids is 2. The van der Waals surface area contributed by atoms with Crippen LogP contribution >= 0.6 is 0 Å². The normalized spacial score (nSPS) is 21.0. The van der Waals surface area contributed by atoms with Crippen LogP contribution in [-0.2, 0) is 10.7 Å². The van der Waals surface area contributed by atoms with Crippen molar-refractivity contribution in [2.75, 3.05) is 13.1 Å². The molecular weight excluding hydrogens is 314 g/mol. The number of rotatable bonds is 5. The number of hydrogen-bond donors (Lipinski definition) is 1. The molecular formula is C18H24F2N2O2. The number of carbonyl (C=O) groups is 2. The molecule has 1 aliphatic heterocycles. The second-order valence-corrected chi connectivity index (χ2v) is 6.62. The fourth-order valence-corrected chi connectivity index (χ4v) is 3.25. The van der Waals surface area contributed by atoms with E-state index in [2.05, 4.69) is 5.32 Å². The van der Waals surface area contributed by atoms with E-state index in [0.717, 1.165) is 19.8 Å². The first kappa shape index (κ1) is 18.4. The topological polar surface area (TPSA) is 49.4 Å². The molecule has 2 amide bonds. The predicted molar refractivity (Wildman–Crippen MR) is 88.0 cm³/mol. The Morgan fingerprint density at radius 2 is 2.00 bits per heavy atom. The largest absolute Gasteiger partial charge is 0.350 e. The Kier molecular flexibility index (Phi) is 5.26. The van der Waals surface area contributed by atoms with Crippen molar-refractivity contribution >= 4 is 11.8 Å². The van der Waals surface area contributed by atoms with E-state index >= 15 is 0 Å². The quantitative estimate of drug-likeness (QED) is 0.895. The molecule has 6 heteroatoms. The summed E-state index contributed by atoms with van der Waals surface area (Å²) in [7, 11) is 0.